The molecule has 2 aromatic carbocycles. The Morgan fingerprint density at radius 3 is 2.42 bits per heavy atom. The number of halogens is 4. The molecule has 0 fully saturated rings. The molecule has 1 aromatic heterocycles. The van der Waals surface area contributed by atoms with Gasteiger partial charge in [0, 0.05) is 23.4 Å². The maximum Gasteiger partial charge on any atom is 0.416 e. The number of carbonyl (C=O) groups is 1. The highest BCUT2D eigenvalue weighted by atomic mass is 35.5. The van der Waals surface area contributed by atoms with Crippen molar-refractivity contribution in [2.24, 2.45) is 0 Å². The molecule has 10 heteroatoms. The van der Waals surface area contributed by atoms with Gasteiger partial charge in [-0.05, 0) is 50.7 Å². The van der Waals surface area contributed by atoms with E-state index in [1.54, 1.807) is 25.2 Å². The van der Waals surface area contributed by atoms with Crippen LogP contribution in [-0.2, 0) is 17.4 Å². The second kappa shape index (κ2) is 9.70. The summed E-state index contributed by atoms with van der Waals surface area (Å²) >= 11 is 7.75. The number of alkyl halides is 3. The number of thiazole rings is 1. The molecule has 3 rings (SSSR count). The average Bonchev–Trinajstić information content (AvgIpc) is 3.21. The summed E-state index contributed by atoms with van der Waals surface area (Å²) in [7, 11) is 1.79. The van der Waals surface area contributed by atoms with E-state index in [1.807, 2.05) is 5.38 Å². The van der Waals surface area contributed by atoms with Crippen molar-refractivity contribution in [2.45, 2.75) is 38.1 Å². The molecule has 0 aliphatic rings. The van der Waals surface area contributed by atoms with Gasteiger partial charge in [-0.3, -0.25) is 0 Å². The molecule has 0 amide bonds. The number of likely N-dealkylation sites (N-methyl/N-ethyl adjacent to an activating group) is 1. The summed E-state index contributed by atoms with van der Waals surface area (Å²) in [6, 6.07) is 9.90. The van der Waals surface area contributed by atoms with Crippen molar-refractivity contribution in [2.75, 3.05) is 7.05 Å². The van der Waals surface area contributed by atoms with Crippen LogP contribution in [0.25, 0.3) is 11.3 Å². The number of hydrogen-bond donors (Lipinski definition) is 2. The van der Waals surface area contributed by atoms with Gasteiger partial charge in [0.05, 0.1) is 21.3 Å². The number of nitrogens with one attached hydrogen (secondary N) is 1. The number of aliphatic carboxylic acids is 1. The van der Waals surface area contributed by atoms with Crippen molar-refractivity contribution in [1.29, 1.82) is 0 Å². The van der Waals surface area contributed by atoms with Crippen molar-refractivity contribution in [3.8, 4) is 17.0 Å². The lowest BCUT2D eigenvalue weighted by molar-refractivity contribution is -0.152. The van der Waals surface area contributed by atoms with Gasteiger partial charge in [0.25, 0.3) is 0 Å². The van der Waals surface area contributed by atoms with Crippen molar-refractivity contribution in [1.82, 2.24) is 10.3 Å². The largest absolute Gasteiger partial charge is 0.478 e. The Morgan fingerprint density at radius 1 is 1.21 bits per heavy atom. The molecule has 5 nitrogen and oxygen atoms in total. The van der Waals surface area contributed by atoms with Crippen LogP contribution < -0.4 is 10.1 Å². The van der Waals surface area contributed by atoms with E-state index in [-0.39, 0.29) is 16.8 Å². The zero-order chi connectivity index (χ0) is 24.4. The molecule has 1 heterocycles. The molecule has 0 aliphatic heterocycles. The van der Waals surface area contributed by atoms with Gasteiger partial charge in [-0.2, -0.15) is 13.2 Å². The maximum absolute atomic E-state index is 12.8. The number of carboxylic acid groups (broad SMARTS) is 1. The second-order valence-electron chi connectivity index (χ2n) is 7.85. The average molecular weight is 499 g/mol. The smallest absolute Gasteiger partial charge is 0.416 e. The third-order valence-electron chi connectivity index (χ3n) is 5.03. The number of aromatic nitrogens is 1. The van der Waals surface area contributed by atoms with E-state index < -0.39 is 23.3 Å². The Bertz CT molecular complexity index is 1130. The summed E-state index contributed by atoms with van der Waals surface area (Å²) in [6.07, 6.45) is -3.85. The van der Waals surface area contributed by atoms with Gasteiger partial charge in [0.1, 0.15) is 5.75 Å². The van der Waals surface area contributed by atoms with Crippen LogP contribution in [0.5, 0.6) is 5.75 Å². The summed E-state index contributed by atoms with van der Waals surface area (Å²) in [5.41, 5.74) is -0.0565. The summed E-state index contributed by atoms with van der Waals surface area (Å²) in [5, 5.41) is 15.3. The van der Waals surface area contributed by atoms with Crippen LogP contribution in [0.3, 0.4) is 0 Å². The monoisotopic (exact) mass is 498 g/mol. The third-order valence-corrected chi connectivity index (χ3v) is 6.19. The molecule has 0 radical (unpaired) electrons. The first-order chi connectivity index (χ1) is 15.4. The molecule has 1 atom stereocenters. The Labute approximate surface area is 198 Å². The first kappa shape index (κ1) is 25.0. The Balaban J connectivity index is 1.75. The summed E-state index contributed by atoms with van der Waals surface area (Å²) < 4.78 is 43.9. The van der Waals surface area contributed by atoms with Crippen LogP contribution in [0, 0.1) is 0 Å². The van der Waals surface area contributed by atoms with Crippen LogP contribution in [0.4, 0.5) is 13.2 Å². The van der Waals surface area contributed by atoms with Crippen LogP contribution >= 0.6 is 22.9 Å². The standard InChI is InChI=1S/C23H22ClF3N2O3S/c1-22(2,21(30)31)32-19-9-6-14(10-16(19)24)17(28-3)11-20-29-18(12-33-20)13-4-7-15(8-5-13)23(25,26)27/h4-10,12,17,28H,11H2,1-3H3,(H,30,31). The SMILES string of the molecule is CNC(Cc1nc(-c2ccc(C(F)(F)F)cc2)cs1)c1ccc(OC(C)(C)C(=O)O)c(Cl)c1. The predicted octanol–water partition coefficient (Wildman–Crippen LogP) is 6.23. The van der Waals surface area contributed by atoms with Gasteiger partial charge in [-0.1, -0.05) is 29.8 Å². The van der Waals surface area contributed by atoms with Gasteiger partial charge < -0.3 is 15.2 Å². The van der Waals surface area contributed by atoms with E-state index in [4.69, 9.17) is 16.3 Å². The molecular weight excluding hydrogens is 477 g/mol. The van der Waals surface area contributed by atoms with E-state index in [0.29, 0.717) is 17.7 Å². The molecule has 3 aromatic rings. The molecule has 2 N–H and O–H groups in total. The Hall–Kier alpha value is -2.62. The fourth-order valence-corrected chi connectivity index (χ4v) is 4.14. The number of hydrogen-bond acceptors (Lipinski definition) is 5. The number of rotatable bonds is 8. The quantitative estimate of drug-likeness (QED) is 0.385. The lowest BCUT2D eigenvalue weighted by atomic mass is 10.0. The predicted molar refractivity (Wildman–Crippen MR) is 122 cm³/mol. The highest BCUT2D eigenvalue weighted by Crippen LogP contribution is 2.34. The second-order valence-corrected chi connectivity index (χ2v) is 9.20. The van der Waals surface area contributed by atoms with Crippen molar-refractivity contribution in [3.63, 3.8) is 0 Å². The normalized spacial score (nSPS) is 13.1. The summed E-state index contributed by atoms with van der Waals surface area (Å²) in [4.78, 5) is 15.9. The fraction of sp³-hybridized carbons (Fsp3) is 0.304. The zero-order valence-corrected chi connectivity index (χ0v) is 19.6. The van der Waals surface area contributed by atoms with Gasteiger partial charge >= 0.3 is 12.1 Å². The highest BCUT2D eigenvalue weighted by molar-refractivity contribution is 7.09. The topological polar surface area (TPSA) is 71.5 Å². The number of nitrogens with zero attached hydrogens (tertiary/aromatic N) is 1. The third kappa shape index (κ3) is 6.04. The van der Waals surface area contributed by atoms with Crippen LogP contribution in [0.15, 0.2) is 47.8 Å². The van der Waals surface area contributed by atoms with Crippen LogP contribution in [-0.4, -0.2) is 28.7 Å². The molecule has 0 aliphatic carbocycles. The van der Waals surface area contributed by atoms with Crippen molar-refractivity contribution in [3.05, 3.63) is 69.0 Å². The van der Waals surface area contributed by atoms with Crippen LogP contribution in [0.1, 0.15) is 36.0 Å². The number of carboxylic acids is 1. The number of ether oxygens (including phenoxy) is 1. The molecule has 0 saturated carbocycles. The summed E-state index contributed by atoms with van der Waals surface area (Å²) in [6.45, 7) is 2.87. The molecule has 0 spiro atoms. The van der Waals surface area contributed by atoms with E-state index in [1.165, 1.54) is 37.3 Å². The molecule has 0 bridgehead atoms. The van der Waals surface area contributed by atoms with E-state index in [0.717, 1.165) is 22.7 Å². The minimum absolute atomic E-state index is 0.143. The maximum atomic E-state index is 12.8. The van der Waals surface area contributed by atoms with E-state index >= 15 is 0 Å². The fourth-order valence-electron chi connectivity index (χ4n) is 3.06. The van der Waals surface area contributed by atoms with Gasteiger partial charge in [0.15, 0.2) is 5.60 Å². The van der Waals surface area contributed by atoms with Crippen molar-refractivity contribution >= 4 is 28.9 Å². The molecule has 176 valence electrons. The first-order valence-corrected chi connectivity index (χ1v) is 11.2. The molecule has 0 saturated heterocycles. The molecule has 1 unspecified atom stereocenters. The van der Waals surface area contributed by atoms with Crippen LogP contribution in [0.2, 0.25) is 5.02 Å². The van der Waals surface area contributed by atoms with E-state index in [2.05, 4.69) is 10.3 Å². The van der Waals surface area contributed by atoms with Gasteiger partial charge in [-0.25, -0.2) is 9.78 Å². The Morgan fingerprint density at radius 2 is 1.88 bits per heavy atom. The van der Waals surface area contributed by atoms with E-state index in [9.17, 15) is 23.1 Å². The lowest BCUT2D eigenvalue weighted by Crippen LogP contribution is -2.38. The summed E-state index contributed by atoms with van der Waals surface area (Å²) in [5.74, 6) is -0.843. The van der Waals surface area contributed by atoms with Gasteiger partial charge in [0.2, 0.25) is 0 Å². The van der Waals surface area contributed by atoms with Gasteiger partial charge in [-0.15, -0.1) is 11.3 Å². The van der Waals surface area contributed by atoms with Crippen molar-refractivity contribution < 1.29 is 27.8 Å². The first-order valence-electron chi connectivity index (χ1n) is 9.92. The minimum Gasteiger partial charge on any atom is -0.478 e. The lowest BCUT2D eigenvalue weighted by Gasteiger charge is -2.23. The minimum atomic E-state index is -4.38. The Kier molecular flexibility index (Phi) is 7.36. The molecular formula is C23H22ClF3N2O3S. The zero-order valence-electron chi connectivity index (χ0n) is 18.0. The molecule has 33 heavy (non-hydrogen) atoms. The number of benzene rings is 2. The highest BCUT2D eigenvalue weighted by Gasteiger charge is 2.31.